The second-order valence-corrected chi connectivity index (χ2v) is 4.26. The van der Waals surface area contributed by atoms with Crippen LogP contribution >= 0.6 is 0 Å². The average molecular weight is 205 g/mol. The van der Waals surface area contributed by atoms with Crippen LogP contribution in [0.4, 0.5) is 0 Å². The first kappa shape index (κ1) is 12.3. The zero-order valence-electron chi connectivity index (χ0n) is 9.95. The zero-order valence-corrected chi connectivity index (χ0v) is 9.95. The molecule has 0 saturated heterocycles. The average Bonchev–Trinajstić information content (AvgIpc) is 2.29. The lowest BCUT2D eigenvalue weighted by Crippen LogP contribution is -2.29. The van der Waals surface area contributed by atoms with Crippen LogP contribution in [0, 0.1) is 5.92 Å². The molecule has 1 atom stereocenters. The predicted octanol–water partition coefficient (Wildman–Crippen LogP) is 3.38. The van der Waals surface area contributed by atoms with E-state index in [0.29, 0.717) is 12.0 Å². The highest BCUT2D eigenvalue weighted by molar-refractivity contribution is 5.14. The number of hydrogen-bond acceptors (Lipinski definition) is 1. The molecule has 0 aliphatic heterocycles. The Bertz CT molecular complexity index is 251. The highest BCUT2D eigenvalue weighted by atomic mass is 14.6. The number of rotatable bonds is 6. The maximum Gasteiger partial charge on any atom is 0.00701 e. The molecule has 0 amide bonds. The van der Waals surface area contributed by atoms with Gasteiger partial charge in [-0.2, -0.15) is 0 Å². The van der Waals surface area contributed by atoms with E-state index in [9.17, 15) is 0 Å². The molecule has 1 heteroatoms. The van der Waals surface area contributed by atoms with E-state index in [1.165, 1.54) is 18.4 Å². The van der Waals surface area contributed by atoms with Gasteiger partial charge in [-0.15, -0.1) is 0 Å². The van der Waals surface area contributed by atoms with E-state index in [4.69, 9.17) is 5.73 Å². The first-order chi connectivity index (χ1) is 7.27. The molecule has 0 aliphatic rings. The van der Waals surface area contributed by atoms with E-state index in [-0.39, 0.29) is 0 Å². The quantitative estimate of drug-likeness (QED) is 0.757. The Labute approximate surface area is 93.7 Å². The van der Waals surface area contributed by atoms with Gasteiger partial charge in [0.2, 0.25) is 0 Å². The highest BCUT2D eigenvalue weighted by Crippen LogP contribution is 2.15. The van der Waals surface area contributed by atoms with Gasteiger partial charge in [-0.3, -0.25) is 0 Å². The van der Waals surface area contributed by atoms with Crippen molar-refractivity contribution < 1.29 is 0 Å². The summed E-state index contributed by atoms with van der Waals surface area (Å²) in [6, 6.07) is 11.0. The first-order valence-corrected chi connectivity index (χ1v) is 6.07. The molecule has 1 aromatic rings. The number of aryl methyl sites for hydroxylation is 1. The topological polar surface area (TPSA) is 26.0 Å². The molecule has 0 aromatic heterocycles. The summed E-state index contributed by atoms with van der Waals surface area (Å²) in [4.78, 5) is 0. The number of benzene rings is 1. The Morgan fingerprint density at radius 2 is 1.67 bits per heavy atom. The monoisotopic (exact) mass is 205 g/mol. The fourth-order valence-corrected chi connectivity index (χ4v) is 2.11. The van der Waals surface area contributed by atoms with Crippen molar-refractivity contribution in [1.82, 2.24) is 0 Å². The van der Waals surface area contributed by atoms with E-state index >= 15 is 0 Å². The van der Waals surface area contributed by atoms with Crippen LogP contribution < -0.4 is 5.73 Å². The molecule has 84 valence electrons. The third-order valence-electron chi connectivity index (χ3n) is 3.26. The van der Waals surface area contributed by atoms with Crippen molar-refractivity contribution in [2.75, 3.05) is 0 Å². The fraction of sp³-hybridized carbons (Fsp3) is 0.571. The van der Waals surface area contributed by atoms with E-state index in [1.54, 1.807) is 0 Å². The van der Waals surface area contributed by atoms with Gasteiger partial charge >= 0.3 is 0 Å². The zero-order chi connectivity index (χ0) is 11.1. The minimum atomic E-state index is 0.361. The van der Waals surface area contributed by atoms with Crippen molar-refractivity contribution in [2.45, 2.75) is 45.6 Å². The third kappa shape index (κ3) is 4.05. The minimum Gasteiger partial charge on any atom is -0.327 e. The summed E-state index contributed by atoms with van der Waals surface area (Å²) in [6.45, 7) is 4.47. The molecular formula is C14H23N. The van der Waals surface area contributed by atoms with Crippen LogP contribution in [0.1, 0.15) is 38.7 Å². The molecular weight excluding hydrogens is 182 g/mol. The Kier molecular flexibility index (Phi) is 5.41. The maximum absolute atomic E-state index is 6.19. The van der Waals surface area contributed by atoms with Crippen molar-refractivity contribution in [2.24, 2.45) is 11.7 Å². The molecule has 0 spiro atoms. The summed E-state index contributed by atoms with van der Waals surface area (Å²) >= 11 is 0. The molecule has 15 heavy (non-hydrogen) atoms. The van der Waals surface area contributed by atoms with Gasteiger partial charge in [-0.25, -0.2) is 0 Å². The van der Waals surface area contributed by atoms with E-state index in [0.717, 1.165) is 12.8 Å². The molecule has 1 unspecified atom stereocenters. The van der Waals surface area contributed by atoms with Crippen molar-refractivity contribution >= 4 is 0 Å². The summed E-state index contributed by atoms with van der Waals surface area (Å²) in [5.74, 6) is 0.689. The molecule has 0 saturated carbocycles. The molecule has 0 radical (unpaired) electrons. The predicted molar refractivity (Wildman–Crippen MR) is 66.8 cm³/mol. The highest BCUT2D eigenvalue weighted by Gasteiger charge is 2.13. The Morgan fingerprint density at radius 3 is 2.20 bits per heavy atom. The molecule has 0 heterocycles. The van der Waals surface area contributed by atoms with E-state index < -0.39 is 0 Å². The van der Waals surface area contributed by atoms with Crippen LogP contribution in [0.25, 0.3) is 0 Å². The smallest absolute Gasteiger partial charge is 0.00701 e. The van der Waals surface area contributed by atoms with Crippen molar-refractivity contribution in [3.63, 3.8) is 0 Å². The van der Waals surface area contributed by atoms with Crippen LogP contribution in [-0.2, 0) is 6.42 Å². The molecule has 0 fully saturated rings. The molecule has 1 rings (SSSR count). The third-order valence-corrected chi connectivity index (χ3v) is 3.26. The van der Waals surface area contributed by atoms with Crippen molar-refractivity contribution in [3.05, 3.63) is 35.9 Å². The second-order valence-electron chi connectivity index (χ2n) is 4.26. The lowest BCUT2D eigenvalue weighted by atomic mass is 9.90. The van der Waals surface area contributed by atoms with Crippen LogP contribution in [0.3, 0.4) is 0 Å². The van der Waals surface area contributed by atoms with Gasteiger partial charge in [0.05, 0.1) is 0 Å². The van der Waals surface area contributed by atoms with E-state index in [1.807, 2.05) is 0 Å². The van der Waals surface area contributed by atoms with Gasteiger partial charge < -0.3 is 5.73 Å². The van der Waals surface area contributed by atoms with Gasteiger partial charge in [-0.05, 0) is 24.3 Å². The molecule has 1 nitrogen and oxygen atoms in total. The lowest BCUT2D eigenvalue weighted by molar-refractivity contribution is 0.378. The fourth-order valence-electron chi connectivity index (χ4n) is 2.11. The van der Waals surface area contributed by atoms with Crippen LogP contribution in [0.5, 0.6) is 0 Å². The maximum atomic E-state index is 6.19. The largest absolute Gasteiger partial charge is 0.327 e. The SMILES string of the molecule is CCC(CC)C(N)CCc1ccccc1. The van der Waals surface area contributed by atoms with Gasteiger partial charge in [0.25, 0.3) is 0 Å². The lowest BCUT2D eigenvalue weighted by Gasteiger charge is -2.20. The van der Waals surface area contributed by atoms with Crippen LogP contribution in [-0.4, -0.2) is 6.04 Å². The molecule has 1 aromatic carbocycles. The van der Waals surface area contributed by atoms with Gasteiger partial charge in [0, 0.05) is 6.04 Å². The standard InChI is InChI=1S/C14H23N/c1-3-13(4-2)14(15)11-10-12-8-6-5-7-9-12/h5-9,13-14H,3-4,10-11,15H2,1-2H3. The van der Waals surface area contributed by atoms with Crippen LogP contribution in [0.2, 0.25) is 0 Å². The minimum absolute atomic E-state index is 0.361. The number of hydrogen-bond donors (Lipinski definition) is 1. The summed E-state index contributed by atoms with van der Waals surface area (Å²) in [7, 11) is 0. The van der Waals surface area contributed by atoms with Gasteiger partial charge in [0.15, 0.2) is 0 Å². The molecule has 0 bridgehead atoms. The Balaban J connectivity index is 2.36. The Morgan fingerprint density at radius 1 is 1.07 bits per heavy atom. The van der Waals surface area contributed by atoms with Crippen molar-refractivity contribution in [1.29, 1.82) is 0 Å². The van der Waals surface area contributed by atoms with Gasteiger partial charge in [0.1, 0.15) is 0 Å². The Hall–Kier alpha value is -0.820. The molecule has 2 N–H and O–H groups in total. The summed E-state index contributed by atoms with van der Waals surface area (Å²) in [5, 5.41) is 0. The van der Waals surface area contributed by atoms with Crippen molar-refractivity contribution in [3.8, 4) is 0 Å². The summed E-state index contributed by atoms with van der Waals surface area (Å²) in [5.41, 5.74) is 7.59. The van der Waals surface area contributed by atoms with Gasteiger partial charge in [-0.1, -0.05) is 57.0 Å². The molecule has 0 aliphatic carbocycles. The van der Waals surface area contributed by atoms with Crippen LogP contribution in [0.15, 0.2) is 30.3 Å². The second kappa shape index (κ2) is 6.62. The summed E-state index contributed by atoms with van der Waals surface area (Å²) < 4.78 is 0. The normalized spacial score (nSPS) is 13.1. The number of nitrogens with two attached hydrogens (primary N) is 1. The van der Waals surface area contributed by atoms with E-state index in [2.05, 4.69) is 44.2 Å². The first-order valence-electron chi connectivity index (χ1n) is 6.07. The summed E-state index contributed by atoms with van der Waals surface area (Å²) in [6.07, 6.45) is 4.62.